The second-order valence-electron chi connectivity index (χ2n) is 6.66. The van der Waals surface area contributed by atoms with Gasteiger partial charge in [0, 0.05) is 24.7 Å². The fourth-order valence-electron chi connectivity index (χ4n) is 2.52. The van der Waals surface area contributed by atoms with Gasteiger partial charge in [0.1, 0.15) is 18.1 Å². The molecule has 0 aliphatic rings. The normalized spacial score (nSPS) is 14.5. The van der Waals surface area contributed by atoms with Gasteiger partial charge in [-0.3, -0.25) is 19.2 Å². The molecule has 172 valence electrons. The lowest BCUT2D eigenvalue weighted by molar-refractivity contribution is -0.144. The van der Waals surface area contributed by atoms with Gasteiger partial charge in [-0.2, -0.15) is 0 Å². The number of amides is 3. The number of carboxylic acids is 2. The third-order valence-corrected chi connectivity index (χ3v) is 4.14. The Morgan fingerprint density at radius 3 is 2.26 bits per heavy atom. The number of carboxylic acid groups (broad SMARTS) is 2. The molecule has 0 saturated heterocycles. The summed E-state index contributed by atoms with van der Waals surface area (Å²) in [4.78, 5) is 65.3. The molecule has 0 fully saturated rings. The maximum atomic E-state index is 12.7. The van der Waals surface area contributed by atoms with E-state index < -0.39 is 73.3 Å². The van der Waals surface area contributed by atoms with E-state index in [-0.39, 0.29) is 6.42 Å². The van der Waals surface area contributed by atoms with E-state index in [1.807, 2.05) is 0 Å². The molecular weight excluding hydrogens is 416 g/mol. The van der Waals surface area contributed by atoms with E-state index in [1.165, 1.54) is 19.4 Å². The predicted molar refractivity (Wildman–Crippen MR) is 103 cm³/mol. The van der Waals surface area contributed by atoms with Crippen LogP contribution in [0.3, 0.4) is 0 Å². The van der Waals surface area contributed by atoms with E-state index in [2.05, 4.69) is 25.9 Å². The molecule has 4 atom stereocenters. The van der Waals surface area contributed by atoms with E-state index in [1.54, 1.807) is 0 Å². The summed E-state index contributed by atoms with van der Waals surface area (Å²) < 4.78 is 0. The number of nitrogens with zero attached hydrogens (tertiary/aromatic N) is 1. The van der Waals surface area contributed by atoms with Crippen molar-refractivity contribution >= 4 is 29.7 Å². The van der Waals surface area contributed by atoms with Crippen molar-refractivity contribution in [2.24, 2.45) is 5.73 Å². The minimum Gasteiger partial charge on any atom is -0.481 e. The van der Waals surface area contributed by atoms with Crippen LogP contribution in [0, 0.1) is 0 Å². The quantitative estimate of drug-likeness (QED) is 0.151. The summed E-state index contributed by atoms with van der Waals surface area (Å²) in [7, 11) is 0. The Labute approximate surface area is 176 Å². The molecule has 0 saturated carbocycles. The average Bonchev–Trinajstić information content (AvgIpc) is 3.20. The molecule has 0 aliphatic heterocycles. The number of hydrogen-bond donors (Lipinski definition) is 8. The molecule has 14 nitrogen and oxygen atoms in total. The molecule has 31 heavy (non-hydrogen) atoms. The zero-order valence-electron chi connectivity index (χ0n) is 16.7. The highest BCUT2D eigenvalue weighted by molar-refractivity contribution is 5.94. The summed E-state index contributed by atoms with van der Waals surface area (Å²) in [6, 6.07) is -4.29. The molecule has 1 rings (SSSR count). The number of hydrogen-bond acceptors (Lipinski definition) is 8. The van der Waals surface area contributed by atoms with Crippen molar-refractivity contribution in [1.29, 1.82) is 0 Å². The molecule has 3 amide bonds. The predicted octanol–water partition coefficient (Wildman–Crippen LogP) is -3.30. The van der Waals surface area contributed by atoms with Gasteiger partial charge in [-0.05, 0) is 13.3 Å². The number of aliphatic carboxylic acids is 2. The van der Waals surface area contributed by atoms with Crippen LogP contribution in [0.1, 0.15) is 25.5 Å². The molecule has 0 aliphatic carbocycles. The number of rotatable bonds is 13. The first-order valence-corrected chi connectivity index (χ1v) is 9.25. The van der Waals surface area contributed by atoms with Crippen molar-refractivity contribution in [3.05, 3.63) is 18.2 Å². The summed E-state index contributed by atoms with van der Waals surface area (Å²) in [6.07, 6.45) is 0.419. The average molecular weight is 442 g/mol. The molecular formula is C17H26N6O8. The van der Waals surface area contributed by atoms with E-state index in [0.717, 1.165) is 0 Å². The Morgan fingerprint density at radius 2 is 1.77 bits per heavy atom. The van der Waals surface area contributed by atoms with Gasteiger partial charge in [0.05, 0.1) is 19.0 Å². The molecule has 9 N–H and O–H groups in total. The van der Waals surface area contributed by atoms with Gasteiger partial charge in [-0.25, -0.2) is 9.78 Å². The van der Waals surface area contributed by atoms with Crippen molar-refractivity contribution in [1.82, 2.24) is 25.9 Å². The van der Waals surface area contributed by atoms with Crippen LogP contribution < -0.4 is 21.7 Å². The van der Waals surface area contributed by atoms with Crippen LogP contribution in [0.15, 0.2) is 12.5 Å². The van der Waals surface area contributed by atoms with Crippen LogP contribution in [0.25, 0.3) is 0 Å². The largest absolute Gasteiger partial charge is 0.481 e. The van der Waals surface area contributed by atoms with Gasteiger partial charge in [-0.15, -0.1) is 0 Å². The third kappa shape index (κ3) is 8.79. The van der Waals surface area contributed by atoms with E-state index in [4.69, 9.17) is 15.9 Å². The van der Waals surface area contributed by atoms with Gasteiger partial charge >= 0.3 is 11.9 Å². The SMILES string of the molecule is CC(O)C(NC(=O)C(Cc1cnc[nH]1)NC(=O)CN)C(=O)NC(CCC(=O)O)C(=O)O. The summed E-state index contributed by atoms with van der Waals surface area (Å²) in [5, 5.41) is 34.5. The van der Waals surface area contributed by atoms with Crippen molar-refractivity contribution in [2.45, 2.75) is 50.4 Å². The van der Waals surface area contributed by atoms with E-state index in [0.29, 0.717) is 5.69 Å². The maximum Gasteiger partial charge on any atom is 0.326 e. The fourth-order valence-corrected chi connectivity index (χ4v) is 2.52. The van der Waals surface area contributed by atoms with Crippen LogP contribution in [-0.4, -0.2) is 85.7 Å². The highest BCUT2D eigenvalue weighted by Gasteiger charge is 2.32. The van der Waals surface area contributed by atoms with Gasteiger partial charge in [0.25, 0.3) is 0 Å². The molecule has 0 spiro atoms. The number of aliphatic hydroxyl groups is 1. The minimum atomic E-state index is -1.57. The van der Waals surface area contributed by atoms with E-state index in [9.17, 15) is 29.1 Å². The molecule has 14 heteroatoms. The molecule has 1 aromatic heterocycles. The number of imidazole rings is 1. The summed E-state index contributed by atoms with van der Waals surface area (Å²) in [6.45, 7) is 0.802. The molecule has 1 heterocycles. The topological polar surface area (TPSA) is 237 Å². The Kier molecular flexibility index (Phi) is 10.1. The first-order chi connectivity index (χ1) is 14.5. The zero-order valence-corrected chi connectivity index (χ0v) is 16.7. The fraction of sp³-hybridized carbons (Fsp3) is 0.529. The molecule has 4 unspecified atom stereocenters. The Hall–Kier alpha value is -3.52. The number of aliphatic hydroxyl groups excluding tert-OH is 1. The molecule has 0 bridgehead atoms. The highest BCUT2D eigenvalue weighted by atomic mass is 16.4. The number of H-pyrrole nitrogens is 1. The number of aromatic nitrogens is 2. The Bertz CT molecular complexity index is 782. The summed E-state index contributed by atoms with van der Waals surface area (Å²) >= 11 is 0. The van der Waals surface area contributed by atoms with E-state index >= 15 is 0 Å². The minimum absolute atomic E-state index is 0.0257. The first kappa shape index (κ1) is 25.5. The van der Waals surface area contributed by atoms with Crippen LogP contribution in [0.4, 0.5) is 0 Å². The van der Waals surface area contributed by atoms with Crippen LogP contribution >= 0.6 is 0 Å². The second-order valence-corrected chi connectivity index (χ2v) is 6.66. The first-order valence-electron chi connectivity index (χ1n) is 9.25. The number of carbonyl (C=O) groups excluding carboxylic acids is 3. The number of nitrogens with two attached hydrogens (primary N) is 1. The Morgan fingerprint density at radius 1 is 1.10 bits per heavy atom. The lowest BCUT2D eigenvalue weighted by Crippen LogP contribution is -2.59. The molecule has 1 aromatic rings. The van der Waals surface area contributed by atoms with Crippen molar-refractivity contribution in [3.63, 3.8) is 0 Å². The van der Waals surface area contributed by atoms with Crippen LogP contribution in [0.5, 0.6) is 0 Å². The van der Waals surface area contributed by atoms with Gasteiger partial charge < -0.3 is 42.0 Å². The lowest BCUT2D eigenvalue weighted by atomic mass is 10.1. The second kappa shape index (κ2) is 12.2. The molecule has 0 radical (unpaired) electrons. The molecule has 0 aromatic carbocycles. The van der Waals surface area contributed by atoms with Gasteiger partial charge in [0.15, 0.2) is 0 Å². The third-order valence-electron chi connectivity index (χ3n) is 4.14. The zero-order chi connectivity index (χ0) is 23.6. The Balaban J connectivity index is 2.92. The number of nitrogens with one attached hydrogen (secondary N) is 4. The standard InChI is InChI=1S/C17H26N6O8/c1-8(24)14(16(29)22-10(17(30)31)2-3-13(26)27)23-15(28)11(21-12(25)5-18)4-9-6-19-7-20-9/h6-8,10-11,14,24H,2-5,18H2,1H3,(H,19,20)(H,21,25)(H,22,29)(H,23,28)(H,26,27)(H,30,31). The monoisotopic (exact) mass is 442 g/mol. The van der Waals surface area contributed by atoms with Crippen LogP contribution in [-0.2, 0) is 30.4 Å². The smallest absolute Gasteiger partial charge is 0.326 e. The summed E-state index contributed by atoms with van der Waals surface area (Å²) in [5.74, 6) is -5.24. The maximum absolute atomic E-state index is 12.7. The van der Waals surface area contributed by atoms with Gasteiger partial charge in [0.2, 0.25) is 17.7 Å². The lowest BCUT2D eigenvalue weighted by Gasteiger charge is -2.25. The number of carbonyl (C=O) groups is 5. The van der Waals surface area contributed by atoms with Crippen molar-refractivity contribution in [3.8, 4) is 0 Å². The van der Waals surface area contributed by atoms with Crippen molar-refractivity contribution < 1.29 is 39.3 Å². The van der Waals surface area contributed by atoms with Crippen LogP contribution in [0.2, 0.25) is 0 Å². The summed E-state index contributed by atoms with van der Waals surface area (Å²) in [5.41, 5.74) is 5.75. The number of aromatic amines is 1. The van der Waals surface area contributed by atoms with Gasteiger partial charge in [-0.1, -0.05) is 0 Å². The highest BCUT2D eigenvalue weighted by Crippen LogP contribution is 2.04. The van der Waals surface area contributed by atoms with Crippen molar-refractivity contribution in [2.75, 3.05) is 6.54 Å².